The molecule has 1 N–H and O–H groups in total. The monoisotopic (exact) mass is 393 g/mol. The molecule has 7 heteroatoms. The SMILES string of the molecule is COc1ccc(NC(=O)[C@H]2CC(=O)N(c3ccc4c(c3)CCN4C(C)=O)C2)cc1. The van der Waals surface area contributed by atoms with E-state index >= 15 is 0 Å². The molecule has 4 rings (SSSR count). The van der Waals surface area contributed by atoms with Crippen LogP contribution in [0.1, 0.15) is 18.9 Å². The van der Waals surface area contributed by atoms with Crippen molar-refractivity contribution >= 4 is 34.8 Å². The number of hydrogen-bond acceptors (Lipinski definition) is 4. The van der Waals surface area contributed by atoms with Crippen LogP contribution in [-0.4, -0.2) is 37.9 Å². The van der Waals surface area contributed by atoms with Crippen LogP contribution in [0.4, 0.5) is 17.1 Å². The molecule has 1 atom stereocenters. The van der Waals surface area contributed by atoms with Crippen molar-refractivity contribution in [3.63, 3.8) is 0 Å². The fourth-order valence-corrected chi connectivity index (χ4v) is 3.93. The Morgan fingerprint density at radius 3 is 2.59 bits per heavy atom. The normalized spacial score (nSPS) is 18.0. The van der Waals surface area contributed by atoms with Crippen LogP contribution in [0.3, 0.4) is 0 Å². The third-order valence-electron chi connectivity index (χ3n) is 5.50. The first-order valence-electron chi connectivity index (χ1n) is 9.62. The molecule has 29 heavy (non-hydrogen) atoms. The number of fused-ring (bicyclic) bond motifs is 1. The van der Waals surface area contributed by atoms with Crippen LogP contribution in [0.25, 0.3) is 0 Å². The first kappa shape index (κ1) is 19.0. The number of carbonyl (C=O) groups excluding carboxylic acids is 3. The Morgan fingerprint density at radius 2 is 1.90 bits per heavy atom. The second-order valence-electron chi connectivity index (χ2n) is 7.36. The van der Waals surface area contributed by atoms with E-state index in [9.17, 15) is 14.4 Å². The van der Waals surface area contributed by atoms with E-state index in [-0.39, 0.29) is 24.1 Å². The number of amides is 3. The number of methoxy groups -OCH3 is 1. The van der Waals surface area contributed by atoms with Crippen LogP contribution >= 0.6 is 0 Å². The van der Waals surface area contributed by atoms with Gasteiger partial charge in [-0.2, -0.15) is 0 Å². The number of carbonyl (C=O) groups is 3. The average Bonchev–Trinajstić information content (AvgIpc) is 3.31. The number of nitrogens with zero attached hydrogens (tertiary/aromatic N) is 2. The predicted molar refractivity (Wildman–Crippen MR) is 110 cm³/mol. The summed E-state index contributed by atoms with van der Waals surface area (Å²) in [6.45, 7) is 2.56. The summed E-state index contributed by atoms with van der Waals surface area (Å²) in [5, 5.41) is 2.87. The lowest BCUT2D eigenvalue weighted by Crippen LogP contribution is -2.28. The molecule has 0 aromatic heterocycles. The number of rotatable bonds is 4. The molecule has 3 amide bonds. The van der Waals surface area contributed by atoms with Gasteiger partial charge in [0.1, 0.15) is 5.75 Å². The summed E-state index contributed by atoms with van der Waals surface area (Å²) < 4.78 is 5.12. The number of nitrogens with one attached hydrogen (secondary N) is 1. The third-order valence-corrected chi connectivity index (χ3v) is 5.50. The largest absolute Gasteiger partial charge is 0.497 e. The van der Waals surface area contributed by atoms with Crippen LogP contribution in [0.5, 0.6) is 5.75 Å². The Hall–Kier alpha value is -3.35. The van der Waals surface area contributed by atoms with E-state index in [0.717, 1.165) is 23.4 Å². The summed E-state index contributed by atoms with van der Waals surface area (Å²) in [6.07, 6.45) is 0.949. The second kappa shape index (κ2) is 7.58. The van der Waals surface area contributed by atoms with E-state index in [4.69, 9.17) is 4.74 Å². The van der Waals surface area contributed by atoms with Crippen LogP contribution in [0.2, 0.25) is 0 Å². The Balaban J connectivity index is 1.45. The lowest BCUT2D eigenvalue weighted by Gasteiger charge is -2.19. The fraction of sp³-hybridized carbons (Fsp3) is 0.318. The molecule has 2 aliphatic heterocycles. The minimum absolute atomic E-state index is 0.0176. The standard InChI is InChI=1S/C22H23N3O4/c1-14(26)24-10-9-15-11-18(5-8-20(15)24)25-13-16(12-21(25)27)22(28)23-17-3-6-19(29-2)7-4-17/h3-8,11,16H,9-10,12-13H2,1-2H3,(H,23,28)/t16-/m0/s1. The van der Waals surface area contributed by atoms with Crippen molar-refractivity contribution in [1.29, 1.82) is 0 Å². The van der Waals surface area contributed by atoms with Gasteiger partial charge in [0.25, 0.3) is 0 Å². The topological polar surface area (TPSA) is 79.0 Å². The van der Waals surface area contributed by atoms with E-state index < -0.39 is 5.92 Å². The van der Waals surface area contributed by atoms with Crippen LogP contribution < -0.4 is 19.9 Å². The maximum Gasteiger partial charge on any atom is 0.229 e. The van der Waals surface area contributed by atoms with Gasteiger partial charge in [-0.1, -0.05) is 0 Å². The molecule has 150 valence electrons. The zero-order chi connectivity index (χ0) is 20.5. The maximum absolute atomic E-state index is 12.6. The molecule has 0 saturated carbocycles. The molecule has 1 fully saturated rings. The molecule has 0 bridgehead atoms. The van der Waals surface area contributed by atoms with Gasteiger partial charge < -0.3 is 19.9 Å². The summed E-state index contributed by atoms with van der Waals surface area (Å²) in [4.78, 5) is 40.3. The van der Waals surface area contributed by atoms with Crippen molar-refractivity contribution in [3.8, 4) is 5.75 Å². The highest BCUT2D eigenvalue weighted by atomic mass is 16.5. The van der Waals surface area contributed by atoms with Crippen molar-refractivity contribution in [2.45, 2.75) is 19.8 Å². The first-order chi connectivity index (χ1) is 14.0. The van der Waals surface area contributed by atoms with Crippen molar-refractivity contribution in [2.24, 2.45) is 5.92 Å². The first-order valence-corrected chi connectivity index (χ1v) is 9.62. The highest BCUT2D eigenvalue weighted by Crippen LogP contribution is 2.34. The quantitative estimate of drug-likeness (QED) is 0.866. The van der Waals surface area contributed by atoms with Gasteiger partial charge in [-0.3, -0.25) is 14.4 Å². The summed E-state index contributed by atoms with van der Waals surface area (Å²) >= 11 is 0. The zero-order valence-electron chi connectivity index (χ0n) is 16.5. The van der Waals surface area contributed by atoms with Gasteiger partial charge in [-0.15, -0.1) is 0 Å². The molecule has 0 radical (unpaired) electrons. The number of benzene rings is 2. The number of hydrogen-bond donors (Lipinski definition) is 1. The minimum atomic E-state index is -0.411. The Labute approximate surface area is 169 Å². The van der Waals surface area contributed by atoms with E-state index in [0.29, 0.717) is 24.5 Å². The molecule has 2 heterocycles. The smallest absolute Gasteiger partial charge is 0.229 e. The van der Waals surface area contributed by atoms with Crippen LogP contribution in [-0.2, 0) is 20.8 Å². The van der Waals surface area contributed by atoms with Crippen molar-refractivity contribution in [3.05, 3.63) is 48.0 Å². The molecule has 7 nitrogen and oxygen atoms in total. The minimum Gasteiger partial charge on any atom is -0.497 e. The molecule has 0 unspecified atom stereocenters. The highest BCUT2D eigenvalue weighted by Gasteiger charge is 2.36. The molecule has 0 aliphatic carbocycles. The molecule has 1 saturated heterocycles. The van der Waals surface area contributed by atoms with Crippen LogP contribution in [0.15, 0.2) is 42.5 Å². The summed E-state index contributed by atoms with van der Waals surface area (Å²) in [5.74, 6) is 0.0805. The summed E-state index contributed by atoms with van der Waals surface area (Å²) in [6, 6.07) is 12.8. The predicted octanol–water partition coefficient (Wildman–Crippen LogP) is 2.60. The number of anilines is 3. The fourth-order valence-electron chi connectivity index (χ4n) is 3.93. The summed E-state index contributed by atoms with van der Waals surface area (Å²) in [5.41, 5.74) is 3.40. The van der Waals surface area contributed by atoms with Gasteiger partial charge in [-0.25, -0.2) is 0 Å². The van der Waals surface area contributed by atoms with Gasteiger partial charge in [0.15, 0.2) is 0 Å². The lowest BCUT2D eigenvalue weighted by atomic mass is 10.1. The molecular weight excluding hydrogens is 370 g/mol. The van der Waals surface area contributed by atoms with Crippen molar-refractivity contribution in [2.75, 3.05) is 35.3 Å². The van der Waals surface area contributed by atoms with Crippen molar-refractivity contribution < 1.29 is 19.1 Å². The molecule has 0 spiro atoms. The lowest BCUT2D eigenvalue weighted by molar-refractivity contribution is -0.122. The number of ether oxygens (including phenoxy) is 1. The van der Waals surface area contributed by atoms with Gasteiger partial charge in [0.2, 0.25) is 17.7 Å². The third kappa shape index (κ3) is 3.68. The van der Waals surface area contributed by atoms with Gasteiger partial charge in [0, 0.05) is 43.5 Å². The van der Waals surface area contributed by atoms with E-state index in [2.05, 4.69) is 5.32 Å². The maximum atomic E-state index is 12.6. The second-order valence-corrected chi connectivity index (χ2v) is 7.36. The summed E-state index contributed by atoms with van der Waals surface area (Å²) in [7, 11) is 1.59. The highest BCUT2D eigenvalue weighted by molar-refractivity contribution is 6.04. The van der Waals surface area contributed by atoms with Gasteiger partial charge >= 0.3 is 0 Å². The molecule has 2 aromatic rings. The van der Waals surface area contributed by atoms with E-state index in [1.807, 2.05) is 18.2 Å². The zero-order valence-corrected chi connectivity index (χ0v) is 16.5. The molecule has 2 aromatic carbocycles. The van der Waals surface area contributed by atoms with Crippen LogP contribution in [0, 0.1) is 5.92 Å². The molecular formula is C22H23N3O4. The van der Waals surface area contributed by atoms with Crippen molar-refractivity contribution in [1.82, 2.24) is 0 Å². The van der Waals surface area contributed by atoms with E-state index in [1.165, 1.54) is 0 Å². The Morgan fingerprint density at radius 1 is 1.14 bits per heavy atom. The Bertz CT molecular complexity index is 971. The van der Waals surface area contributed by atoms with E-state index in [1.54, 1.807) is 48.1 Å². The molecule has 2 aliphatic rings. The van der Waals surface area contributed by atoms with Gasteiger partial charge in [0.05, 0.1) is 13.0 Å². The average molecular weight is 393 g/mol. The van der Waals surface area contributed by atoms with Gasteiger partial charge in [-0.05, 0) is 54.4 Å². The Kier molecular flexibility index (Phi) is 4.96.